The van der Waals surface area contributed by atoms with Crippen LogP contribution >= 0.6 is 34.2 Å². The van der Waals surface area contributed by atoms with Gasteiger partial charge in [0.05, 0.1) is 23.8 Å². The van der Waals surface area contributed by atoms with Crippen LogP contribution in [0.1, 0.15) is 5.56 Å². The van der Waals surface area contributed by atoms with Crippen LogP contribution in [0.15, 0.2) is 24.4 Å². The number of benzene rings is 1. The van der Waals surface area contributed by atoms with Crippen LogP contribution in [-0.4, -0.2) is 17.4 Å². The smallest absolute Gasteiger partial charge is 0.246 e. The van der Waals surface area contributed by atoms with E-state index >= 15 is 0 Å². The molecule has 1 aromatic heterocycles. The van der Waals surface area contributed by atoms with Gasteiger partial charge in [-0.2, -0.15) is 0 Å². The zero-order chi connectivity index (χ0) is 15.9. The molecule has 0 bridgehead atoms. The molecule has 0 aliphatic carbocycles. The number of rotatable bonds is 2. The molecule has 0 unspecified atom stereocenters. The Hall–Kier alpha value is -1.48. The first kappa shape index (κ1) is 15.4. The predicted molar refractivity (Wildman–Crippen MR) is 88.0 cm³/mol. The van der Waals surface area contributed by atoms with Crippen LogP contribution in [0, 0.1) is 15.2 Å². The average molecular weight is 436 g/mol. The van der Waals surface area contributed by atoms with Crippen LogP contribution in [0.3, 0.4) is 0 Å². The molecule has 1 N–H and O–H groups in total. The molecule has 0 saturated heterocycles. The van der Waals surface area contributed by atoms with Gasteiger partial charge in [-0.15, -0.1) is 0 Å². The minimum absolute atomic E-state index is 0.0369. The Morgan fingerprint density at radius 1 is 1.36 bits per heavy atom. The van der Waals surface area contributed by atoms with Crippen molar-refractivity contribution in [1.82, 2.24) is 4.98 Å². The fraction of sp³-hybridized carbons (Fsp3) is 0.143. The van der Waals surface area contributed by atoms with E-state index in [1.165, 1.54) is 4.90 Å². The Bertz CT molecular complexity index is 772. The number of nitrogens with zero attached hydrogens (tertiary/aromatic N) is 2. The van der Waals surface area contributed by atoms with E-state index in [-0.39, 0.29) is 29.6 Å². The molecule has 8 heteroatoms. The molecule has 1 aromatic carbocycles. The van der Waals surface area contributed by atoms with E-state index in [2.05, 4.69) is 32.9 Å². The Balaban J connectivity index is 2.05. The van der Waals surface area contributed by atoms with Crippen LogP contribution in [0.5, 0.6) is 0 Å². The van der Waals surface area contributed by atoms with Gasteiger partial charge >= 0.3 is 0 Å². The van der Waals surface area contributed by atoms with E-state index in [1.54, 1.807) is 12.3 Å². The molecule has 0 atom stereocenters. The standard InChI is InChI=1S/C14H9ClF2IN3O/c15-13-8(9(16)1-2-10(13)17)6-21-11-3-7(18)4-19-14(11)20-5-12(21)22/h1-4H,5-6H2,(H,19,20). The number of hydrogen-bond acceptors (Lipinski definition) is 3. The molecule has 1 aliphatic rings. The maximum absolute atomic E-state index is 13.9. The Morgan fingerprint density at radius 3 is 2.86 bits per heavy atom. The third kappa shape index (κ3) is 2.74. The topological polar surface area (TPSA) is 45.2 Å². The second kappa shape index (κ2) is 5.96. The lowest BCUT2D eigenvalue weighted by Crippen LogP contribution is -2.40. The van der Waals surface area contributed by atoms with Gasteiger partial charge in [-0.3, -0.25) is 4.79 Å². The highest BCUT2D eigenvalue weighted by Gasteiger charge is 2.27. The SMILES string of the molecule is O=C1CNc2ncc(I)cc2N1Cc1c(F)ccc(F)c1Cl. The predicted octanol–water partition coefficient (Wildman–Crippen LogP) is 3.58. The highest BCUT2D eigenvalue weighted by molar-refractivity contribution is 14.1. The summed E-state index contributed by atoms with van der Waals surface area (Å²) >= 11 is 7.90. The lowest BCUT2D eigenvalue weighted by Gasteiger charge is -2.30. The van der Waals surface area contributed by atoms with E-state index < -0.39 is 11.6 Å². The molecule has 4 nitrogen and oxygen atoms in total. The monoisotopic (exact) mass is 435 g/mol. The number of carbonyl (C=O) groups is 1. The first-order chi connectivity index (χ1) is 10.5. The van der Waals surface area contributed by atoms with E-state index in [0.717, 1.165) is 15.7 Å². The first-order valence-corrected chi connectivity index (χ1v) is 7.75. The molecule has 2 aromatic rings. The van der Waals surface area contributed by atoms with Gasteiger partial charge in [-0.1, -0.05) is 11.6 Å². The number of carbonyl (C=O) groups excluding carboxylic acids is 1. The molecule has 0 fully saturated rings. The van der Waals surface area contributed by atoms with Gasteiger partial charge in [-0.25, -0.2) is 13.8 Å². The summed E-state index contributed by atoms with van der Waals surface area (Å²) in [7, 11) is 0. The number of anilines is 2. The van der Waals surface area contributed by atoms with Gasteiger partial charge in [0.25, 0.3) is 0 Å². The van der Waals surface area contributed by atoms with E-state index in [1.807, 2.05) is 0 Å². The van der Waals surface area contributed by atoms with Crippen molar-refractivity contribution in [2.75, 3.05) is 16.8 Å². The van der Waals surface area contributed by atoms with Gasteiger partial charge < -0.3 is 10.2 Å². The summed E-state index contributed by atoms with van der Waals surface area (Å²) in [6, 6.07) is 3.70. The van der Waals surface area contributed by atoms with Crippen molar-refractivity contribution in [2.24, 2.45) is 0 Å². The Morgan fingerprint density at radius 2 is 2.09 bits per heavy atom. The second-order valence-corrected chi connectivity index (χ2v) is 6.30. The number of nitrogens with one attached hydrogen (secondary N) is 1. The summed E-state index contributed by atoms with van der Waals surface area (Å²) in [6.45, 7) is -0.118. The molecule has 22 heavy (non-hydrogen) atoms. The van der Waals surface area contributed by atoms with Gasteiger partial charge in [0, 0.05) is 15.3 Å². The summed E-state index contributed by atoms with van der Waals surface area (Å²) in [4.78, 5) is 17.7. The Kier molecular flexibility index (Phi) is 4.18. The maximum Gasteiger partial charge on any atom is 0.246 e. The summed E-state index contributed by atoms with van der Waals surface area (Å²) < 4.78 is 28.3. The van der Waals surface area contributed by atoms with Gasteiger partial charge in [-0.05, 0) is 40.8 Å². The van der Waals surface area contributed by atoms with E-state index in [0.29, 0.717) is 11.5 Å². The normalized spacial score (nSPS) is 13.8. The van der Waals surface area contributed by atoms with Crippen molar-refractivity contribution in [3.05, 3.63) is 50.2 Å². The summed E-state index contributed by atoms with van der Waals surface area (Å²) in [5.41, 5.74) is 0.463. The molecule has 114 valence electrons. The summed E-state index contributed by atoms with van der Waals surface area (Å²) in [5.74, 6) is -1.12. The highest BCUT2D eigenvalue weighted by Crippen LogP contribution is 2.32. The van der Waals surface area contributed by atoms with Crippen LogP contribution in [-0.2, 0) is 11.3 Å². The third-order valence-corrected chi connectivity index (χ3v) is 4.29. The minimum Gasteiger partial charge on any atom is -0.359 e. The molecular weight excluding hydrogens is 427 g/mol. The Labute approximate surface area is 143 Å². The van der Waals surface area contributed by atoms with Crippen LogP contribution in [0.4, 0.5) is 20.3 Å². The second-order valence-electron chi connectivity index (χ2n) is 4.68. The number of aromatic nitrogens is 1. The van der Waals surface area contributed by atoms with Crippen molar-refractivity contribution < 1.29 is 13.6 Å². The van der Waals surface area contributed by atoms with Crippen molar-refractivity contribution in [1.29, 1.82) is 0 Å². The van der Waals surface area contributed by atoms with Crippen molar-refractivity contribution in [3.63, 3.8) is 0 Å². The van der Waals surface area contributed by atoms with E-state index in [4.69, 9.17) is 11.6 Å². The van der Waals surface area contributed by atoms with E-state index in [9.17, 15) is 13.6 Å². The van der Waals surface area contributed by atoms with Crippen molar-refractivity contribution in [2.45, 2.75) is 6.54 Å². The zero-order valence-electron chi connectivity index (χ0n) is 11.0. The summed E-state index contributed by atoms with van der Waals surface area (Å²) in [5, 5.41) is 2.58. The summed E-state index contributed by atoms with van der Waals surface area (Å²) in [6.07, 6.45) is 1.65. The van der Waals surface area contributed by atoms with Gasteiger partial charge in [0.15, 0.2) is 5.82 Å². The minimum atomic E-state index is -0.721. The number of fused-ring (bicyclic) bond motifs is 1. The quantitative estimate of drug-likeness (QED) is 0.579. The van der Waals surface area contributed by atoms with Crippen molar-refractivity contribution >= 4 is 51.6 Å². The van der Waals surface area contributed by atoms with Crippen LogP contribution in [0.25, 0.3) is 0 Å². The maximum atomic E-state index is 13.9. The fourth-order valence-electron chi connectivity index (χ4n) is 2.21. The number of pyridine rings is 1. The van der Waals surface area contributed by atoms with Crippen LogP contribution < -0.4 is 10.2 Å². The third-order valence-electron chi connectivity index (χ3n) is 3.29. The molecule has 3 rings (SSSR count). The first-order valence-electron chi connectivity index (χ1n) is 6.29. The number of halogens is 4. The molecule has 2 heterocycles. The number of amides is 1. The largest absolute Gasteiger partial charge is 0.359 e. The van der Waals surface area contributed by atoms with Gasteiger partial charge in [0.1, 0.15) is 11.6 Å². The highest BCUT2D eigenvalue weighted by atomic mass is 127. The molecule has 0 radical (unpaired) electrons. The van der Waals surface area contributed by atoms with Gasteiger partial charge in [0.2, 0.25) is 5.91 Å². The zero-order valence-corrected chi connectivity index (χ0v) is 14.0. The lowest BCUT2D eigenvalue weighted by molar-refractivity contribution is -0.117. The molecule has 1 aliphatic heterocycles. The molecule has 0 spiro atoms. The molecule has 1 amide bonds. The lowest BCUT2D eigenvalue weighted by atomic mass is 10.1. The number of hydrogen-bond donors (Lipinski definition) is 1. The van der Waals surface area contributed by atoms with Crippen LogP contribution in [0.2, 0.25) is 5.02 Å². The average Bonchev–Trinajstić information content (AvgIpc) is 2.49. The fourth-order valence-corrected chi connectivity index (χ4v) is 2.85. The molecular formula is C14H9ClF2IN3O. The van der Waals surface area contributed by atoms with Crippen molar-refractivity contribution in [3.8, 4) is 0 Å². The molecule has 0 saturated carbocycles.